The molecule has 0 spiro atoms. The summed E-state index contributed by atoms with van der Waals surface area (Å²) in [5, 5.41) is 8.68. The van der Waals surface area contributed by atoms with Crippen LogP contribution in [-0.4, -0.2) is 30.7 Å². The van der Waals surface area contributed by atoms with Gasteiger partial charge in [-0.05, 0) is 36.8 Å². The van der Waals surface area contributed by atoms with Gasteiger partial charge in [-0.2, -0.15) is 0 Å². The molecule has 94 valence electrons. The second-order valence-corrected chi connectivity index (χ2v) is 5.11. The molecular formula is C13H18O3S. The highest BCUT2D eigenvalue weighted by molar-refractivity contribution is 7.99. The Labute approximate surface area is 106 Å². The Hall–Kier alpha value is -0.870. The van der Waals surface area contributed by atoms with Crippen LogP contribution in [0.25, 0.3) is 0 Å². The van der Waals surface area contributed by atoms with E-state index in [2.05, 4.69) is 6.07 Å². The zero-order valence-corrected chi connectivity index (χ0v) is 10.7. The number of aliphatic hydroxyl groups excluding tert-OH is 1. The molecule has 17 heavy (non-hydrogen) atoms. The van der Waals surface area contributed by atoms with E-state index >= 15 is 0 Å². The maximum absolute atomic E-state index is 8.68. The molecule has 1 N–H and O–H groups in total. The van der Waals surface area contributed by atoms with Gasteiger partial charge in [-0.25, -0.2) is 0 Å². The SMILES string of the molecule is OCCCCCSc1ccc2c(c1)OCCO2. The summed E-state index contributed by atoms with van der Waals surface area (Å²) >= 11 is 1.83. The molecule has 1 aliphatic rings. The second kappa shape index (κ2) is 6.77. The molecule has 0 fully saturated rings. The largest absolute Gasteiger partial charge is 0.486 e. The van der Waals surface area contributed by atoms with Gasteiger partial charge in [-0.3, -0.25) is 0 Å². The molecule has 0 amide bonds. The van der Waals surface area contributed by atoms with Crippen LogP contribution < -0.4 is 9.47 Å². The van der Waals surface area contributed by atoms with Crippen molar-refractivity contribution in [2.75, 3.05) is 25.6 Å². The van der Waals surface area contributed by atoms with Crippen molar-refractivity contribution >= 4 is 11.8 Å². The lowest BCUT2D eigenvalue weighted by Crippen LogP contribution is -2.15. The van der Waals surface area contributed by atoms with Crippen molar-refractivity contribution in [3.8, 4) is 11.5 Å². The first-order chi connectivity index (χ1) is 8.40. The predicted molar refractivity (Wildman–Crippen MR) is 69.1 cm³/mol. The minimum absolute atomic E-state index is 0.300. The summed E-state index contributed by atoms with van der Waals surface area (Å²) in [5.74, 6) is 2.79. The Morgan fingerprint density at radius 1 is 1.06 bits per heavy atom. The van der Waals surface area contributed by atoms with E-state index in [-0.39, 0.29) is 0 Å². The molecule has 1 aliphatic heterocycles. The highest BCUT2D eigenvalue weighted by atomic mass is 32.2. The molecule has 0 atom stereocenters. The Bertz CT molecular complexity index is 355. The molecule has 0 aliphatic carbocycles. The first-order valence-electron chi connectivity index (χ1n) is 6.03. The van der Waals surface area contributed by atoms with Gasteiger partial charge in [0.15, 0.2) is 11.5 Å². The van der Waals surface area contributed by atoms with Crippen molar-refractivity contribution in [1.29, 1.82) is 0 Å². The Morgan fingerprint density at radius 2 is 1.88 bits per heavy atom. The van der Waals surface area contributed by atoms with E-state index in [1.807, 2.05) is 23.9 Å². The van der Waals surface area contributed by atoms with Crippen LogP contribution in [0.2, 0.25) is 0 Å². The van der Waals surface area contributed by atoms with Gasteiger partial charge < -0.3 is 14.6 Å². The van der Waals surface area contributed by atoms with E-state index < -0.39 is 0 Å². The standard InChI is InChI=1S/C13H18O3S/c14-6-2-1-3-9-17-11-4-5-12-13(10-11)16-8-7-15-12/h4-5,10,14H,1-3,6-9H2. The number of unbranched alkanes of at least 4 members (excludes halogenated alkanes) is 2. The molecule has 0 unspecified atom stereocenters. The fraction of sp³-hybridized carbons (Fsp3) is 0.538. The van der Waals surface area contributed by atoms with Gasteiger partial charge in [-0.1, -0.05) is 6.42 Å². The molecule has 2 rings (SSSR count). The summed E-state index contributed by atoms with van der Waals surface area (Å²) in [6.07, 6.45) is 3.13. The van der Waals surface area contributed by atoms with Crippen molar-refractivity contribution in [3.63, 3.8) is 0 Å². The summed E-state index contributed by atoms with van der Waals surface area (Å²) in [6, 6.07) is 6.10. The van der Waals surface area contributed by atoms with Crippen LogP contribution in [0.5, 0.6) is 11.5 Å². The molecule has 0 aromatic heterocycles. The van der Waals surface area contributed by atoms with Crippen LogP contribution in [0.3, 0.4) is 0 Å². The van der Waals surface area contributed by atoms with Gasteiger partial charge in [0.05, 0.1) is 0 Å². The summed E-state index contributed by atoms with van der Waals surface area (Å²) in [5.41, 5.74) is 0. The summed E-state index contributed by atoms with van der Waals surface area (Å²) in [6.45, 7) is 1.58. The van der Waals surface area contributed by atoms with E-state index in [0.717, 1.165) is 36.5 Å². The van der Waals surface area contributed by atoms with Gasteiger partial charge in [0.1, 0.15) is 13.2 Å². The highest BCUT2D eigenvalue weighted by Crippen LogP contribution is 2.34. The van der Waals surface area contributed by atoms with E-state index in [0.29, 0.717) is 19.8 Å². The minimum atomic E-state index is 0.300. The lowest BCUT2D eigenvalue weighted by Gasteiger charge is -2.18. The maximum atomic E-state index is 8.68. The number of benzene rings is 1. The van der Waals surface area contributed by atoms with Gasteiger partial charge in [0, 0.05) is 11.5 Å². The molecule has 3 nitrogen and oxygen atoms in total. The van der Waals surface area contributed by atoms with Crippen molar-refractivity contribution < 1.29 is 14.6 Å². The molecule has 0 saturated carbocycles. The minimum Gasteiger partial charge on any atom is -0.486 e. The van der Waals surface area contributed by atoms with E-state index in [9.17, 15) is 0 Å². The van der Waals surface area contributed by atoms with Crippen LogP contribution >= 0.6 is 11.8 Å². The predicted octanol–water partition coefficient (Wildman–Crippen LogP) is 2.71. The number of thioether (sulfide) groups is 1. The Balaban J connectivity index is 1.81. The first-order valence-corrected chi connectivity index (χ1v) is 7.02. The average Bonchev–Trinajstić information content (AvgIpc) is 2.38. The fourth-order valence-electron chi connectivity index (χ4n) is 1.69. The number of aliphatic hydroxyl groups is 1. The molecule has 1 aromatic carbocycles. The van der Waals surface area contributed by atoms with Gasteiger partial charge in [0.25, 0.3) is 0 Å². The third kappa shape index (κ3) is 3.82. The lowest BCUT2D eigenvalue weighted by molar-refractivity contribution is 0.171. The molecule has 0 saturated heterocycles. The maximum Gasteiger partial charge on any atom is 0.162 e. The van der Waals surface area contributed by atoms with Crippen LogP contribution in [-0.2, 0) is 0 Å². The summed E-state index contributed by atoms with van der Waals surface area (Å²) in [4.78, 5) is 1.22. The zero-order chi connectivity index (χ0) is 11.9. The molecular weight excluding hydrogens is 236 g/mol. The summed E-state index contributed by atoms with van der Waals surface area (Å²) < 4.78 is 11.0. The average molecular weight is 254 g/mol. The third-order valence-electron chi connectivity index (χ3n) is 2.58. The molecule has 1 aromatic rings. The summed E-state index contributed by atoms with van der Waals surface area (Å²) in [7, 11) is 0. The fourth-order valence-corrected chi connectivity index (χ4v) is 2.63. The van der Waals surface area contributed by atoms with Crippen molar-refractivity contribution in [2.45, 2.75) is 24.2 Å². The topological polar surface area (TPSA) is 38.7 Å². The van der Waals surface area contributed by atoms with Gasteiger partial charge in [0.2, 0.25) is 0 Å². The smallest absolute Gasteiger partial charge is 0.162 e. The molecule has 4 heteroatoms. The monoisotopic (exact) mass is 254 g/mol. The number of rotatable bonds is 6. The van der Waals surface area contributed by atoms with Crippen molar-refractivity contribution in [1.82, 2.24) is 0 Å². The normalized spacial score (nSPS) is 13.7. The van der Waals surface area contributed by atoms with Crippen LogP contribution in [0.15, 0.2) is 23.1 Å². The van der Waals surface area contributed by atoms with Crippen molar-refractivity contribution in [2.24, 2.45) is 0 Å². The number of fused-ring (bicyclic) bond motifs is 1. The Morgan fingerprint density at radius 3 is 2.71 bits per heavy atom. The van der Waals surface area contributed by atoms with Crippen LogP contribution in [0.4, 0.5) is 0 Å². The van der Waals surface area contributed by atoms with E-state index in [4.69, 9.17) is 14.6 Å². The van der Waals surface area contributed by atoms with E-state index in [1.165, 1.54) is 4.90 Å². The Kier molecular flexibility index (Phi) is 5.01. The first kappa shape index (κ1) is 12.6. The molecule has 1 heterocycles. The van der Waals surface area contributed by atoms with Crippen LogP contribution in [0.1, 0.15) is 19.3 Å². The highest BCUT2D eigenvalue weighted by Gasteiger charge is 2.11. The lowest BCUT2D eigenvalue weighted by atomic mass is 10.3. The molecule has 0 radical (unpaired) electrons. The second-order valence-electron chi connectivity index (χ2n) is 3.94. The quantitative estimate of drug-likeness (QED) is 0.626. The number of hydrogen-bond donors (Lipinski definition) is 1. The van der Waals surface area contributed by atoms with Gasteiger partial charge in [-0.15, -0.1) is 11.8 Å². The zero-order valence-electron chi connectivity index (χ0n) is 9.85. The number of ether oxygens (including phenoxy) is 2. The molecule has 0 bridgehead atoms. The number of hydrogen-bond acceptors (Lipinski definition) is 4. The van der Waals surface area contributed by atoms with Gasteiger partial charge >= 0.3 is 0 Å². The van der Waals surface area contributed by atoms with Crippen LogP contribution in [0, 0.1) is 0 Å². The van der Waals surface area contributed by atoms with E-state index in [1.54, 1.807) is 0 Å². The van der Waals surface area contributed by atoms with Crippen molar-refractivity contribution in [3.05, 3.63) is 18.2 Å². The third-order valence-corrected chi connectivity index (χ3v) is 3.66.